The molecule has 17 heavy (non-hydrogen) atoms. The van der Waals surface area contributed by atoms with Crippen molar-refractivity contribution in [2.45, 2.75) is 12.6 Å². The van der Waals surface area contributed by atoms with E-state index < -0.39 is 38.0 Å². The molecule has 0 saturated carbocycles. The van der Waals surface area contributed by atoms with Crippen LogP contribution < -0.4 is 0 Å². The Hall–Kier alpha value is -1.07. The van der Waals surface area contributed by atoms with Gasteiger partial charge in [-0.05, 0) is 32.5 Å². The summed E-state index contributed by atoms with van der Waals surface area (Å²) >= 11 is 0.996. The van der Waals surface area contributed by atoms with Gasteiger partial charge in [0.25, 0.3) is 6.43 Å². The van der Waals surface area contributed by atoms with Gasteiger partial charge in [0.15, 0.2) is 6.20 Å². The Morgan fingerprint density at radius 3 is 2.29 bits per heavy atom. The Kier molecular flexibility index (Phi) is 3.84. The molecule has 0 N–H and O–H groups in total. The number of hydrogen-bond acceptors (Lipinski definition) is 3. The fraction of sp³-hybridized carbons (Fsp3) is 0.286. The smallest absolute Gasteiger partial charge is 0.358 e. The Morgan fingerprint density at radius 2 is 1.94 bits per heavy atom. The van der Waals surface area contributed by atoms with E-state index in [9.17, 15) is 32.1 Å². The minimum atomic E-state index is -4.89. The van der Waals surface area contributed by atoms with Gasteiger partial charge in [-0.2, -0.15) is 13.2 Å². The van der Waals surface area contributed by atoms with Gasteiger partial charge >= 0.3 is 12.0 Å². The first-order valence-electron chi connectivity index (χ1n) is 3.84. The third-order valence-corrected chi connectivity index (χ3v) is 2.89. The summed E-state index contributed by atoms with van der Waals surface area (Å²) in [7, 11) is 0. The maximum absolute atomic E-state index is 12.5. The van der Waals surface area contributed by atoms with Crippen LogP contribution in [-0.2, 0) is 6.18 Å². The molecule has 0 saturated heterocycles. The molecular formula is C7H2F5IN2O2. The quantitative estimate of drug-likeness (QED) is 0.347. The third-order valence-electron chi connectivity index (χ3n) is 1.73. The first kappa shape index (κ1) is 14.0. The lowest BCUT2D eigenvalue weighted by Crippen LogP contribution is -2.12. The van der Waals surface area contributed by atoms with Crippen molar-refractivity contribution in [3.63, 3.8) is 0 Å². The summed E-state index contributed by atoms with van der Waals surface area (Å²) < 4.78 is 61.2. The number of halogens is 6. The normalized spacial score (nSPS) is 11.9. The topological polar surface area (TPSA) is 56.0 Å². The lowest BCUT2D eigenvalue weighted by molar-refractivity contribution is -0.391. The average molecular weight is 368 g/mol. The SMILES string of the molecule is O=[N+]([O-])c1ncc(C(F)(F)F)c(I)c1C(F)F. The summed E-state index contributed by atoms with van der Waals surface area (Å²) in [4.78, 5) is 11.9. The van der Waals surface area contributed by atoms with Crippen LogP contribution in [0.4, 0.5) is 27.8 Å². The maximum Gasteiger partial charge on any atom is 0.421 e. The number of rotatable bonds is 2. The minimum absolute atomic E-state index is 0.172. The molecule has 1 aromatic heterocycles. The minimum Gasteiger partial charge on any atom is -0.358 e. The van der Waals surface area contributed by atoms with E-state index in [-0.39, 0.29) is 6.20 Å². The van der Waals surface area contributed by atoms with Crippen LogP contribution in [0.2, 0.25) is 0 Å². The van der Waals surface area contributed by atoms with Crippen molar-refractivity contribution in [1.82, 2.24) is 4.98 Å². The lowest BCUT2D eigenvalue weighted by Gasteiger charge is -2.10. The Balaban J connectivity index is 3.55. The summed E-state index contributed by atoms with van der Waals surface area (Å²) in [5, 5.41) is 10.4. The van der Waals surface area contributed by atoms with Crippen LogP contribution in [-0.4, -0.2) is 9.91 Å². The third kappa shape index (κ3) is 2.79. The Labute approximate surface area is 104 Å². The van der Waals surface area contributed by atoms with Crippen molar-refractivity contribution in [2.24, 2.45) is 0 Å². The van der Waals surface area contributed by atoms with E-state index in [2.05, 4.69) is 4.98 Å². The van der Waals surface area contributed by atoms with Gasteiger partial charge in [0, 0.05) is 3.57 Å². The summed E-state index contributed by atoms with van der Waals surface area (Å²) in [6, 6.07) is 0. The molecule has 10 heteroatoms. The zero-order chi connectivity index (χ0) is 13.4. The van der Waals surface area contributed by atoms with Crippen molar-refractivity contribution in [3.05, 3.63) is 31.0 Å². The van der Waals surface area contributed by atoms with Gasteiger partial charge in [0.05, 0.1) is 0 Å². The molecule has 0 atom stereocenters. The lowest BCUT2D eigenvalue weighted by atomic mass is 10.2. The van der Waals surface area contributed by atoms with E-state index in [0.29, 0.717) is 0 Å². The van der Waals surface area contributed by atoms with Gasteiger partial charge < -0.3 is 10.1 Å². The maximum atomic E-state index is 12.5. The molecule has 0 bridgehead atoms. The molecule has 0 aliphatic rings. The van der Waals surface area contributed by atoms with Crippen LogP contribution in [0.5, 0.6) is 0 Å². The molecule has 4 nitrogen and oxygen atoms in total. The highest BCUT2D eigenvalue weighted by Gasteiger charge is 2.39. The summed E-state index contributed by atoms with van der Waals surface area (Å²) in [5.74, 6) is -1.27. The molecule has 1 aromatic rings. The number of nitro groups is 1. The fourth-order valence-electron chi connectivity index (χ4n) is 1.03. The van der Waals surface area contributed by atoms with Crippen molar-refractivity contribution < 1.29 is 26.9 Å². The van der Waals surface area contributed by atoms with Gasteiger partial charge in [0.2, 0.25) is 0 Å². The zero-order valence-corrected chi connectivity index (χ0v) is 9.79. The van der Waals surface area contributed by atoms with Crippen LogP contribution in [0, 0.1) is 13.7 Å². The monoisotopic (exact) mass is 368 g/mol. The molecule has 0 aromatic carbocycles. The Bertz CT molecular complexity index is 462. The van der Waals surface area contributed by atoms with E-state index >= 15 is 0 Å². The highest BCUT2D eigenvalue weighted by atomic mass is 127. The Morgan fingerprint density at radius 1 is 1.41 bits per heavy atom. The molecule has 0 fully saturated rings. The standard InChI is InChI=1S/C7H2F5IN2O2/c8-5(9)3-4(13)2(7(10,11)12)1-14-6(3)15(16)17/h1,5H. The van der Waals surface area contributed by atoms with Crippen molar-refractivity contribution >= 4 is 28.4 Å². The first-order chi connectivity index (χ1) is 7.66. The van der Waals surface area contributed by atoms with Crippen LogP contribution in [0.1, 0.15) is 17.6 Å². The second-order valence-electron chi connectivity index (χ2n) is 2.78. The molecule has 0 spiro atoms. The molecule has 0 aliphatic carbocycles. The van der Waals surface area contributed by atoms with Crippen LogP contribution in [0.3, 0.4) is 0 Å². The van der Waals surface area contributed by atoms with Gasteiger partial charge in [0.1, 0.15) is 11.1 Å². The molecular weight excluding hydrogens is 366 g/mol. The van der Waals surface area contributed by atoms with Gasteiger partial charge in [-0.3, -0.25) is 0 Å². The first-order valence-corrected chi connectivity index (χ1v) is 4.92. The average Bonchev–Trinajstić information content (AvgIpc) is 2.13. The van der Waals surface area contributed by atoms with Crippen LogP contribution in [0.15, 0.2) is 6.20 Å². The zero-order valence-electron chi connectivity index (χ0n) is 7.63. The van der Waals surface area contributed by atoms with Gasteiger partial charge in [-0.25, -0.2) is 8.78 Å². The van der Waals surface area contributed by atoms with Gasteiger partial charge in [-0.15, -0.1) is 0 Å². The number of aromatic nitrogens is 1. The summed E-state index contributed by atoms with van der Waals surface area (Å²) in [5.41, 5.74) is -2.73. The number of nitrogens with zero attached hydrogens (tertiary/aromatic N) is 2. The fourth-order valence-corrected chi connectivity index (χ4v) is 1.95. The highest BCUT2D eigenvalue weighted by Crippen LogP contribution is 2.39. The summed E-state index contributed by atoms with van der Waals surface area (Å²) in [6.45, 7) is 0. The number of alkyl halides is 5. The number of pyridine rings is 1. The molecule has 0 aliphatic heterocycles. The van der Waals surface area contributed by atoms with Crippen LogP contribution in [0.25, 0.3) is 0 Å². The van der Waals surface area contributed by atoms with Crippen molar-refractivity contribution in [1.29, 1.82) is 0 Å². The predicted molar refractivity (Wildman–Crippen MR) is 53.6 cm³/mol. The largest absolute Gasteiger partial charge is 0.421 e. The molecule has 0 unspecified atom stereocenters. The predicted octanol–water partition coefficient (Wildman–Crippen LogP) is 3.55. The van der Waals surface area contributed by atoms with Gasteiger partial charge in [-0.1, -0.05) is 0 Å². The van der Waals surface area contributed by atoms with E-state index in [1.54, 1.807) is 0 Å². The molecule has 1 rings (SSSR count). The van der Waals surface area contributed by atoms with E-state index in [1.165, 1.54) is 0 Å². The number of hydrogen-bond donors (Lipinski definition) is 0. The second-order valence-corrected chi connectivity index (χ2v) is 3.86. The van der Waals surface area contributed by atoms with Crippen molar-refractivity contribution in [3.8, 4) is 0 Å². The molecule has 1 heterocycles. The second kappa shape index (κ2) is 4.66. The van der Waals surface area contributed by atoms with E-state index in [0.717, 1.165) is 22.6 Å². The van der Waals surface area contributed by atoms with Crippen LogP contribution >= 0.6 is 22.6 Å². The van der Waals surface area contributed by atoms with E-state index in [1.807, 2.05) is 0 Å². The van der Waals surface area contributed by atoms with E-state index in [4.69, 9.17) is 0 Å². The molecule has 0 amide bonds. The molecule has 0 radical (unpaired) electrons. The summed E-state index contributed by atoms with van der Waals surface area (Å²) in [6.07, 6.45) is -8.12. The van der Waals surface area contributed by atoms with Crippen molar-refractivity contribution in [2.75, 3.05) is 0 Å². The highest BCUT2D eigenvalue weighted by molar-refractivity contribution is 14.1. The molecule has 94 valence electrons.